The average molecular weight is 388 g/mol. The zero-order valence-electron chi connectivity index (χ0n) is 15.4. The molecule has 2 heterocycles. The molecule has 4 aromatic rings. The molecule has 0 aliphatic carbocycles. The van der Waals surface area contributed by atoms with Gasteiger partial charge in [0.2, 0.25) is 0 Å². The highest BCUT2D eigenvalue weighted by molar-refractivity contribution is 6.06. The second-order valence-electron chi connectivity index (χ2n) is 6.27. The first-order valence-corrected chi connectivity index (χ1v) is 8.73. The van der Waals surface area contributed by atoms with Gasteiger partial charge in [-0.25, -0.2) is 4.98 Å². The molecule has 0 bridgehead atoms. The van der Waals surface area contributed by atoms with Crippen LogP contribution in [-0.4, -0.2) is 27.3 Å². The lowest BCUT2D eigenvalue weighted by atomic mass is 10.2. The molecule has 0 atom stereocenters. The first-order chi connectivity index (χ1) is 14.0. The fraction of sp³-hybridized carbons (Fsp3) is 0.0476. The van der Waals surface area contributed by atoms with E-state index in [-0.39, 0.29) is 11.4 Å². The molecule has 0 fully saturated rings. The molecule has 1 N–H and O–H groups in total. The van der Waals surface area contributed by atoms with Crippen LogP contribution in [0.2, 0.25) is 0 Å². The summed E-state index contributed by atoms with van der Waals surface area (Å²) >= 11 is 0. The molecule has 1 amide bonds. The van der Waals surface area contributed by atoms with Gasteiger partial charge in [0.1, 0.15) is 17.1 Å². The maximum Gasteiger partial charge on any atom is 0.296 e. The second kappa shape index (κ2) is 7.43. The normalized spacial score (nSPS) is 10.7. The number of methoxy groups -OCH3 is 1. The third kappa shape index (κ3) is 3.63. The van der Waals surface area contributed by atoms with E-state index in [9.17, 15) is 14.9 Å². The Kier molecular flexibility index (Phi) is 4.66. The lowest BCUT2D eigenvalue weighted by molar-refractivity contribution is -0.384. The zero-order chi connectivity index (χ0) is 20.4. The largest absolute Gasteiger partial charge is 0.496 e. The minimum Gasteiger partial charge on any atom is -0.496 e. The fourth-order valence-electron chi connectivity index (χ4n) is 2.96. The number of benzene rings is 2. The van der Waals surface area contributed by atoms with Crippen LogP contribution in [0.15, 0.2) is 73.1 Å². The molecule has 29 heavy (non-hydrogen) atoms. The number of nitrogens with zero attached hydrogens (tertiary/aromatic N) is 3. The van der Waals surface area contributed by atoms with Crippen molar-refractivity contribution >= 4 is 22.9 Å². The number of amides is 1. The Labute approximate surface area is 165 Å². The van der Waals surface area contributed by atoms with Gasteiger partial charge in [-0.1, -0.05) is 30.3 Å². The summed E-state index contributed by atoms with van der Waals surface area (Å²) in [6.07, 6.45) is 3.60. The van der Waals surface area contributed by atoms with Crippen LogP contribution in [0.25, 0.3) is 16.9 Å². The van der Waals surface area contributed by atoms with Gasteiger partial charge in [0.05, 0.1) is 23.8 Å². The summed E-state index contributed by atoms with van der Waals surface area (Å²) in [5.41, 5.74) is 2.54. The third-order valence-corrected chi connectivity index (χ3v) is 4.44. The molecule has 2 aromatic heterocycles. The van der Waals surface area contributed by atoms with Gasteiger partial charge >= 0.3 is 0 Å². The molecule has 0 aliphatic rings. The first kappa shape index (κ1) is 18.2. The van der Waals surface area contributed by atoms with Crippen molar-refractivity contribution in [2.75, 3.05) is 12.4 Å². The molecule has 8 nitrogen and oxygen atoms in total. The summed E-state index contributed by atoms with van der Waals surface area (Å²) in [5, 5.41) is 13.9. The number of carbonyl (C=O) groups is 1. The zero-order valence-corrected chi connectivity index (χ0v) is 15.4. The molecule has 0 saturated heterocycles. The van der Waals surface area contributed by atoms with Crippen molar-refractivity contribution in [3.63, 3.8) is 0 Å². The maximum atomic E-state index is 12.7. The molecule has 0 saturated carbocycles. The Hall–Kier alpha value is -4.20. The lowest BCUT2D eigenvalue weighted by Gasteiger charge is -2.08. The number of nitro groups is 1. The topological polar surface area (TPSA) is 98.8 Å². The van der Waals surface area contributed by atoms with E-state index in [1.165, 1.54) is 19.2 Å². The van der Waals surface area contributed by atoms with E-state index in [1.807, 2.05) is 40.9 Å². The van der Waals surface area contributed by atoms with Crippen LogP contribution in [0.4, 0.5) is 11.4 Å². The average Bonchev–Trinajstić information content (AvgIpc) is 3.18. The summed E-state index contributed by atoms with van der Waals surface area (Å²) in [5.74, 6) is -0.132. The van der Waals surface area contributed by atoms with Crippen LogP contribution in [0.5, 0.6) is 5.75 Å². The minimum atomic E-state index is -0.567. The van der Waals surface area contributed by atoms with Crippen molar-refractivity contribution in [2.45, 2.75) is 0 Å². The number of hydrogen-bond donors (Lipinski definition) is 1. The van der Waals surface area contributed by atoms with E-state index in [0.717, 1.165) is 11.3 Å². The number of nitrogens with one attached hydrogen (secondary N) is 1. The standard InChI is InChI=1S/C21H16N4O4/c1-29-16-7-8-17(19(12-16)25(27)28)23-21(26)15-9-10-24-13-18(22-20(24)11-15)14-5-3-2-4-6-14/h2-13H,1H3,(H,23,26). The van der Waals surface area contributed by atoms with Crippen LogP contribution in [0, 0.1) is 10.1 Å². The Morgan fingerprint density at radius 1 is 1.14 bits per heavy atom. The fourth-order valence-corrected chi connectivity index (χ4v) is 2.96. The van der Waals surface area contributed by atoms with Crippen molar-refractivity contribution < 1.29 is 14.5 Å². The highest BCUT2D eigenvalue weighted by atomic mass is 16.6. The number of hydrogen-bond acceptors (Lipinski definition) is 5. The van der Waals surface area contributed by atoms with Crippen molar-refractivity contribution in [1.29, 1.82) is 0 Å². The van der Waals surface area contributed by atoms with E-state index < -0.39 is 10.8 Å². The van der Waals surface area contributed by atoms with Crippen LogP contribution in [-0.2, 0) is 0 Å². The Morgan fingerprint density at radius 3 is 2.66 bits per heavy atom. The SMILES string of the molecule is COc1ccc(NC(=O)c2ccn3cc(-c4ccccc4)nc3c2)c([N+](=O)[O-])c1. The van der Waals surface area contributed by atoms with E-state index in [0.29, 0.717) is 17.0 Å². The van der Waals surface area contributed by atoms with E-state index in [2.05, 4.69) is 10.3 Å². The number of anilines is 1. The van der Waals surface area contributed by atoms with Gasteiger partial charge in [-0.05, 0) is 24.3 Å². The monoisotopic (exact) mass is 388 g/mol. The predicted molar refractivity (Wildman–Crippen MR) is 108 cm³/mol. The molecule has 2 aromatic carbocycles. The Morgan fingerprint density at radius 2 is 1.93 bits per heavy atom. The van der Waals surface area contributed by atoms with Gasteiger partial charge in [0.15, 0.2) is 0 Å². The van der Waals surface area contributed by atoms with Gasteiger partial charge in [-0.3, -0.25) is 14.9 Å². The van der Waals surface area contributed by atoms with E-state index >= 15 is 0 Å². The highest BCUT2D eigenvalue weighted by Gasteiger charge is 2.18. The first-order valence-electron chi connectivity index (χ1n) is 8.73. The van der Waals surface area contributed by atoms with Crippen LogP contribution in [0.1, 0.15) is 10.4 Å². The van der Waals surface area contributed by atoms with E-state index in [1.54, 1.807) is 24.4 Å². The molecule has 0 spiro atoms. The van der Waals surface area contributed by atoms with Crippen molar-refractivity contribution in [3.05, 3.63) is 88.7 Å². The van der Waals surface area contributed by atoms with E-state index in [4.69, 9.17) is 4.74 Å². The van der Waals surface area contributed by atoms with Crippen molar-refractivity contribution in [1.82, 2.24) is 9.38 Å². The number of nitro benzene ring substituents is 1. The number of aromatic nitrogens is 2. The Bertz CT molecular complexity index is 1220. The van der Waals surface area contributed by atoms with Gasteiger partial charge in [-0.2, -0.15) is 0 Å². The van der Waals surface area contributed by atoms with Gasteiger partial charge in [-0.15, -0.1) is 0 Å². The van der Waals surface area contributed by atoms with Gasteiger partial charge in [0.25, 0.3) is 11.6 Å². The molecule has 8 heteroatoms. The van der Waals surface area contributed by atoms with Gasteiger partial charge < -0.3 is 14.5 Å². The maximum absolute atomic E-state index is 12.7. The Balaban J connectivity index is 1.63. The quantitative estimate of drug-likeness (QED) is 0.409. The highest BCUT2D eigenvalue weighted by Crippen LogP contribution is 2.29. The van der Waals surface area contributed by atoms with Crippen molar-refractivity contribution in [2.24, 2.45) is 0 Å². The number of imidazole rings is 1. The number of carbonyl (C=O) groups excluding carboxylic acids is 1. The van der Waals surface area contributed by atoms with Crippen LogP contribution < -0.4 is 10.1 Å². The molecular weight excluding hydrogens is 372 g/mol. The number of fused-ring (bicyclic) bond motifs is 1. The smallest absolute Gasteiger partial charge is 0.296 e. The molecule has 4 rings (SSSR count). The summed E-state index contributed by atoms with van der Waals surface area (Å²) in [6, 6.07) is 17.2. The van der Waals surface area contributed by atoms with Crippen LogP contribution in [0.3, 0.4) is 0 Å². The lowest BCUT2D eigenvalue weighted by Crippen LogP contribution is -2.13. The molecular formula is C21H16N4O4. The number of pyridine rings is 1. The van der Waals surface area contributed by atoms with Crippen molar-refractivity contribution in [3.8, 4) is 17.0 Å². The summed E-state index contributed by atoms with van der Waals surface area (Å²) < 4.78 is 6.82. The minimum absolute atomic E-state index is 0.0917. The summed E-state index contributed by atoms with van der Waals surface area (Å²) in [4.78, 5) is 28.0. The third-order valence-electron chi connectivity index (χ3n) is 4.44. The summed E-state index contributed by atoms with van der Waals surface area (Å²) in [7, 11) is 1.42. The number of ether oxygens (including phenoxy) is 1. The second-order valence-corrected chi connectivity index (χ2v) is 6.27. The van der Waals surface area contributed by atoms with Crippen LogP contribution >= 0.6 is 0 Å². The molecule has 0 radical (unpaired) electrons. The predicted octanol–water partition coefficient (Wildman–Crippen LogP) is 4.17. The van der Waals surface area contributed by atoms with Gasteiger partial charge in [0, 0.05) is 23.5 Å². The molecule has 144 valence electrons. The summed E-state index contributed by atoms with van der Waals surface area (Å²) in [6.45, 7) is 0. The molecule has 0 unspecified atom stereocenters. The molecule has 0 aliphatic heterocycles. The number of rotatable bonds is 5.